The van der Waals surface area contributed by atoms with Gasteiger partial charge in [-0.2, -0.15) is 0 Å². The van der Waals surface area contributed by atoms with Crippen LogP contribution in [0.5, 0.6) is 11.5 Å². The first-order valence-corrected chi connectivity index (χ1v) is 9.17. The SMILES string of the molecule is CCCCCCCCC(=O)NCc1ccc(OC(C)C)c(OC)c1. The summed E-state index contributed by atoms with van der Waals surface area (Å²) in [5, 5.41) is 2.98. The summed E-state index contributed by atoms with van der Waals surface area (Å²) >= 11 is 0. The molecule has 1 rings (SSSR count). The highest BCUT2D eigenvalue weighted by Crippen LogP contribution is 2.28. The van der Waals surface area contributed by atoms with Crippen molar-refractivity contribution in [1.29, 1.82) is 0 Å². The van der Waals surface area contributed by atoms with E-state index in [4.69, 9.17) is 9.47 Å². The van der Waals surface area contributed by atoms with Crippen LogP contribution in [-0.2, 0) is 11.3 Å². The molecule has 0 fully saturated rings. The van der Waals surface area contributed by atoms with Crippen molar-refractivity contribution in [2.24, 2.45) is 0 Å². The van der Waals surface area contributed by atoms with Gasteiger partial charge in [-0.15, -0.1) is 0 Å². The largest absolute Gasteiger partial charge is 0.493 e. The van der Waals surface area contributed by atoms with Crippen LogP contribution < -0.4 is 14.8 Å². The van der Waals surface area contributed by atoms with Crippen molar-refractivity contribution in [3.63, 3.8) is 0 Å². The molecule has 24 heavy (non-hydrogen) atoms. The number of rotatable bonds is 12. The Bertz CT molecular complexity index is 486. The molecule has 1 amide bonds. The van der Waals surface area contributed by atoms with Gasteiger partial charge in [-0.1, -0.05) is 45.1 Å². The van der Waals surface area contributed by atoms with Crippen molar-refractivity contribution < 1.29 is 14.3 Å². The Balaban J connectivity index is 2.34. The minimum atomic E-state index is 0.0989. The lowest BCUT2D eigenvalue weighted by Crippen LogP contribution is -2.22. The lowest BCUT2D eigenvalue weighted by atomic mass is 10.1. The number of ether oxygens (including phenoxy) is 2. The van der Waals surface area contributed by atoms with Crippen molar-refractivity contribution in [3.8, 4) is 11.5 Å². The smallest absolute Gasteiger partial charge is 0.220 e. The molecule has 0 saturated heterocycles. The van der Waals surface area contributed by atoms with Crippen LogP contribution in [0.3, 0.4) is 0 Å². The van der Waals surface area contributed by atoms with E-state index < -0.39 is 0 Å². The summed E-state index contributed by atoms with van der Waals surface area (Å²) in [6.07, 6.45) is 7.88. The van der Waals surface area contributed by atoms with Crippen LogP contribution in [0.25, 0.3) is 0 Å². The number of hydrogen-bond donors (Lipinski definition) is 1. The summed E-state index contributed by atoms with van der Waals surface area (Å²) in [6, 6.07) is 5.78. The maximum atomic E-state index is 11.9. The molecule has 1 aromatic carbocycles. The third kappa shape index (κ3) is 8.23. The van der Waals surface area contributed by atoms with E-state index in [0.29, 0.717) is 18.7 Å². The van der Waals surface area contributed by atoms with Crippen molar-refractivity contribution >= 4 is 5.91 Å². The van der Waals surface area contributed by atoms with E-state index in [9.17, 15) is 4.79 Å². The van der Waals surface area contributed by atoms with Crippen molar-refractivity contribution in [2.75, 3.05) is 7.11 Å². The third-order valence-electron chi connectivity index (χ3n) is 3.84. The molecular formula is C20H33NO3. The first-order chi connectivity index (χ1) is 11.6. The van der Waals surface area contributed by atoms with E-state index in [-0.39, 0.29) is 12.0 Å². The standard InChI is InChI=1S/C20H33NO3/c1-5-6-7-8-9-10-11-20(22)21-15-17-12-13-18(24-16(2)3)19(14-17)23-4/h12-14,16H,5-11,15H2,1-4H3,(H,21,22). The molecule has 1 aromatic rings. The Morgan fingerprint density at radius 3 is 2.46 bits per heavy atom. The predicted molar refractivity (Wildman–Crippen MR) is 98.6 cm³/mol. The summed E-state index contributed by atoms with van der Waals surface area (Å²) in [5.41, 5.74) is 1.01. The highest BCUT2D eigenvalue weighted by atomic mass is 16.5. The zero-order valence-corrected chi connectivity index (χ0v) is 15.7. The van der Waals surface area contributed by atoms with E-state index >= 15 is 0 Å². The number of carbonyl (C=O) groups excluding carboxylic acids is 1. The zero-order chi connectivity index (χ0) is 17.8. The lowest BCUT2D eigenvalue weighted by molar-refractivity contribution is -0.121. The second kappa shape index (κ2) is 11.8. The first-order valence-electron chi connectivity index (χ1n) is 9.17. The minimum Gasteiger partial charge on any atom is -0.493 e. The number of nitrogens with one attached hydrogen (secondary N) is 1. The highest BCUT2D eigenvalue weighted by molar-refractivity contribution is 5.75. The maximum Gasteiger partial charge on any atom is 0.220 e. The van der Waals surface area contributed by atoms with Gasteiger partial charge in [0.15, 0.2) is 11.5 Å². The van der Waals surface area contributed by atoms with Gasteiger partial charge in [0.25, 0.3) is 0 Å². The van der Waals surface area contributed by atoms with Crippen molar-refractivity contribution in [3.05, 3.63) is 23.8 Å². The summed E-state index contributed by atoms with van der Waals surface area (Å²) in [5.74, 6) is 1.55. The molecule has 0 spiro atoms. The average molecular weight is 335 g/mol. The molecule has 0 bridgehead atoms. The van der Waals surface area contributed by atoms with Crippen molar-refractivity contribution in [1.82, 2.24) is 5.32 Å². The van der Waals surface area contributed by atoms with Crippen LogP contribution in [0.1, 0.15) is 71.3 Å². The van der Waals surface area contributed by atoms with E-state index in [1.165, 1.54) is 25.7 Å². The summed E-state index contributed by atoms with van der Waals surface area (Å²) in [4.78, 5) is 11.9. The number of carbonyl (C=O) groups is 1. The van der Waals surface area contributed by atoms with Gasteiger partial charge in [0, 0.05) is 13.0 Å². The van der Waals surface area contributed by atoms with E-state index in [1.807, 2.05) is 32.0 Å². The lowest BCUT2D eigenvalue weighted by Gasteiger charge is -2.14. The number of hydrogen-bond acceptors (Lipinski definition) is 3. The second-order valence-corrected chi connectivity index (χ2v) is 6.45. The molecule has 0 saturated carbocycles. The molecule has 0 aliphatic rings. The van der Waals surface area contributed by atoms with E-state index in [1.54, 1.807) is 7.11 Å². The van der Waals surface area contributed by atoms with Crippen molar-refractivity contribution in [2.45, 2.75) is 78.4 Å². The fourth-order valence-corrected chi connectivity index (χ4v) is 2.53. The van der Waals surface area contributed by atoms with Gasteiger partial charge in [0.05, 0.1) is 13.2 Å². The molecular weight excluding hydrogens is 302 g/mol. The van der Waals surface area contributed by atoms with Gasteiger partial charge >= 0.3 is 0 Å². The van der Waals surface area contributed by atoms with Crippen LogP contribution in [0.15, 0.2) is 18.2 Å². The maximum absolute atomic E-state index is 11.9. The van der Waals surface area contributed by atoms with Crippen LogP contribution in [-0.4, -0.2) is 19.1 Å². The monoisotopic (exact) mass is 335 g/mol. The number of unbranched alkanes of at least 4 members (excludes halogenated alkanes) is 5. The molecule has 0 aliphatic heterocycles. The normalized spacial score (nSPS) is 10.7. The van der Waals surface area contributed by atoms with Gasteiger partial charge in [-0.3, -0.25) is 4.79 Å². The molecule has 136 valence electrons. The Morgan fingerprint density at radius 1 is 1.08 bits per heavy atom. The number of amides is 1. The molecule has 0 unspecified atom stereocenters. The Hall–Kier alpha value is -1.71. The average Bonchev–Trinajstić information content (AvgIpc) is 2.56. The summed E-state index contributed by atoms with van der Waals surface area (Å²) < 4.78 is 11.1. The summed E-state index contributed by atoms with van der Waals surface area (Å²) in [6.45, 7) is 6.70. The third-order valence-corrected chi connectivity index (χ3v) is 3.84. The van der Waals surface area contributed by atoms with Crippen LogP contribution >= 0.6 is 0 Å². The van der Waals surface area contributed by atoms with E-state index in [0.717, 1.165) is 24.2 Å². The minimum absolute atomic E-state index is 0.0989. The van der Waals surface area contributed by atoms with Gasteiger partial charge in [0.2, 0.25) is 5.91 Å². The van der Waals surface area contributed by atoms with E-state index in [2.05, 4.69) is 12.2 Å². The second-order valence-electron chi connectivity index (χ2n) is 6.45. The Labute approximate surface area is 146 Å². The van der Waals surface area contributed by atoms with Crippen LogP contribution in [0.4, 0.5) is 0 Å². The Kier molecular flexibility index (Phi) is 9.97. The van der Waals surface area contributed by atoms with Gasteiger partial charge in [-0.25, -0.2) is 0 Å². The Morgan fingerprint density at radius 2 is 1.79 bits per heavy atom. The first kappa shape index (κ1) is 20.3. The number of methoxy groups -OCH3 is 1. The zero-order valence-electron chi connectivity index (χ0n) is 15.7. The van der Waals surface area contributed by atoms with Crippen LogP contribution in [0.2, 0.25) is 0 Å². The predicted octanol–water partition coefficient (Wildman–Crippen LogP) is 4.85. The molecule has 0 heterocycles. The molecule has 4 nitrogen and oxygen atoms in total. The molecule has 1 N–H and O–H groups in total. The van der Waals surface area contributed by atoms with Gasteiger partial charge in [-0.05, 0) is 38.0 Å². The molecule has 0 atom stereocenters. The molecule has 0 aromatic heterocycles. The molecule has 4 heteroatoms. The van der Waals surface area contributed by atoms with Gasteiger partial charge in [0.1, 0.15) is 0 Å². The molecule has 0 radical (unpaired) electrons. The topological polar surface area (TPSA) is 47.6 Å². The quantitative estimate of drug-likeness (QED) is 0.555. The summed E-state index contributed by atoms with van der Waals surface area (Å²) in [7, 11) is 1.63. The fourth-order valence-electron chi connectivity index (χ4n) is 2.53. The highest BCUT2D eigenvalue weighted by Gasteiger charge is 2.08. The fraction of sp³-hybridized carbons (Fsp3) is 0.650. The van der Waals surface area contributed by atoms with Gasteiger partial charge < -0.3 is 14.8 Å². The van der Waals surface area contributed by atoms with Crippen LogP contribution in [0, 0.1) is 0 Å². The number of benzene rings is 1. The molecule has 0 aliphatic carbocycles.